The summed E-state index contributed by atoms with van der Waals surface area (Å²) in [7, 11) is 1.30. The van der Waals surface area contributed by atoms with Crippen LogP contribution in [0.25, 0.3) is 0 Å². The number of benzene rings is 1. The van der Waals surface area contributed by atoms with Crippen LogP contribution in [0.1, 0.15) is 25.3 Å². The second-order valence-corrected chi connectivity index (χ2v) is 6.91. The largest absolute Gasteiger partial charge is 0.467 e. The molecule has 1 heterocycles. The lowest BCUT2D eigenvalue weighted by Gasteiger charge is -2.27. The Hall–Kier alpha value is -2.02. The van der Waals surface area contributed by atoms with Crippen molar-refractivity contribution in [3.05, 3.63) is 35.9 Å². The molecular weight excluding hydrogens is 352 g/mol. The number of carbonyl (C=O) groups is 3. The van der Waals surface area contributed by atoms with Crippen LogP contribution in [0, 0.1) is 5.92 Å². The summed E-state index contributed by atoms with van der Waals surface area (Å²) in [5, 5.41) is 2.77. The molecule has 26 heavy (non-hydrogen) atoms. The third-order valence-electron chi connectivity index (χ3n) is 4.62. The Kier molecular flexibility index (Phi) is 7.50. The average Bonchev–Trinajstić information content (AvgIpc) is 3.16. The molecule has 1 aliphatic heterocycles. The van der Waals surface area contributed by atoms with Gasteiger partial charge in [0.2, 0.25) is 11.8 Å². The summed E-state index contributed by atoms with van der Waals surface area (Å²) >= 11 is 4.17. The molecule has 1 fully saturated rings. The van der Waals surface area contributed by atoms with Gasteiger partial charge in [-0.25, -0.2) is 4.79 Å². The molecule has 2 rings (SSSR count). The van der Waals surface area contributed by atoms with Crippen LogP contribution >= 0.6 is 12.6 Å². The molecule has 3 atom stereocenters. The molecule has 1 aromatic carbocycles. The lowest BCUT2D eigenvalue weighted by molar-refractivity contribution is -0.146. The molecule has 0 saturated carbocycles. The molecule has 0 aromatic heterocycles. The van der Waals surface area contributed by atoms with Gasteiger partial charge < -0.3 is 15.0 Å². The van der Waals surface area contributed by atoms with Crippen molar-refractivity contribution in [2.75, 3.05) is 19.4 Å². The van der Waals surface area contributed by atoms with Gasteiger partial charge in [0.1, 0.15) is 12.1 Å². The maximum Gasteiger partial charge on any atom is 0.328 e. The molecule has 0 radical (unpaired) electrons. The van der Waals surface area contributed by atoms with Gasteiger partial charge in [0.05, 0.1) is 7.11 Å². The first kappa shape index (κ1) is 20.3. The molecule has 1 aliphatic rings. The molecule has 6 nitrogen and oxygen atoms in total. The Morgan fingerprint density at radius 1 is 1.31 bits per heavy atom. The van der Waals surface area contributed by atoms with Crippen LogP contribution in [-0.4, -0.2) is 54.2 Å². The van der Waals surface area contributed by atoms with Crippen LogP contribution < -0.4 is 5.32 Å². The molecule has 1 aromatic rings. The Balaban J connectivity index is 2.08. The van der Waals surface area contributed by atoms with Crippen LogP contribution in [0.2, 0.25) is 0 Å². The van der Waals surface area contributed by atoms with Crippen LogP contribution in [-0.2, 0) is 25.5 Å². The van der Waals surface area contributed by atoms with E-state index in [0.717, 1.165) is 12.0 Å². The number of thiol groups is 1. The normalized spacial score (nSPS) is 18.9. The molecule has 142 valence electrons. The highest BCUT2D eigenvalue weighted by Gasteiger charge is 2.37. The van der Waals surface area contributed by atoms with Crippen LogP contribution in [0.4, 0.5) is 0 Å². The van der Waals surface area contributed by atoms with Crippen molar-refractivity contribution in [2.45, 2.75) is 38.3 Å². The number of esters is 1. The monoisotopic (exact) mass is 378 g/mol. The number of nitrogens with one attached hydrogen (secondary N) is 1. The van der Waals surface area contributed by atoms with E-state index in [1.807, 2.05) is 30.3 Å². The fraction of sp³-hybridized carbons (Fsp3) is 0.526. The number of carbonyl (C=O) groups excluding carboxylic acids is 3. The number of hydrogen-bond donors (Lipinski definition) is 2. The SMILES string of the molecule is COC(=O)[C@H](Cc1ccccc1)NC(=O)[C@@H]1CCCN1C(=O)[C@H](C)CS. The second kappa shape index (κ2) is 9.62. The molecule has 1 N–H and O–H groups in total. The van der Waals surface area contributed by atoms with Crippen LogP contribution in [0.3, 0.4) is 0 Å². The van der Waals surface area contributed by atoms with Gasteiger partial charge in [-0.3, -0.25) is 9.59 Å². The van der Waals surface area contributed by atoms with E-state index in [2.05, 4.69) is 17.9 Å². The zero-order valence-electron chi connectivity index (χ0n) is 15.2. The summed E-state index contributed by atoms with van der Waals surface area (Å²) in [6, 6.07) is 8.09. The summed E-state index contributed by atoms with van der Waals surface area (Å²) < 4.78 is 4.83. The zero-order valence-corrected chi connectivity index (χ0v) is 16.1. The van der Waals surface area contributed by atoms with Crippen LogP contribution in [0.5, 0.6) is 0 Å². The fourth-order valence-corrected chi connectivity index (χ4v) is 3.27. The highest BCUT2D eigenvalue weighted by molar-refractivity contribution is 7.80. The topological polar surface area (TPSA) is 75.7 Å². The predicted octanol–water partition coefficient (Wildman–Crippen LogP) is 1.44. The van der Waals surface area contributed by atoms with Gasteiger partial charge in [0, 0.05) is 24.6 Å². The first-order valence-electron chi connectivity index (χ1n) is 8.81. The van der Waals surface area contributed by atoms with Gasteiger partial charge in [-0.2, -0.15) is 12.6 Å². The second-order valence-electron chi connectivity index (χ2n) is 6.55. The van der Waals surface area contributed by atoms with Crippen molar-refractivity contribution in [2.24, 2.45) is 5.92 Å². The summed E-state index contributed by atoms with van der Waals surface area (Å²) in [4.78, 5) is 38.9. The molecule has 0 spiro atoms. The predicted molar refractivity (Wildman–Crippen MR) is 102 cm³/mol. The minimum atomic E-state index is -0.783. The number of likely N-dealkylation sites (tertiary alicyclic amines) is 1. The molecule has 0 bridgehead atoms. The molecule has 7 heteroatoms. The van der Waals surface area contributed by atoms with Gasteiger partial charge in [0.25, 0.3) is 0 Å². The van der Waals surface area contributed by atoms with E-state index in [0.29, 0.717) is 25.1 Å². The zero-order chi connectivity index (χ0) is 19.1. The number of hydrogen-bond acceptors (Lipinski definition) is 5. The summed E-state index contributed by atoms with van der Waals surface area (Å²) in [6.07, 6.45) is 1.70. The number of ether oxygens (including phenoxy) is 1. The summed E-state index contributed by atoms with van der Waals surface area (Å²) in [5.41, 5.74) is 0.922. The van der Waals surface area contributed by atoms with Crippen molar-refractivity contribution in [1.29, 1.82) is 0 Å². The Labute approximate surface area is 159 Å². The maximum absolute atomic E-state index is 12.8. The van der Waals surface area contributed by atoms with E-state index in [-0.39, 0.29) is 17.7 Å². The van der Waals surface area contributed by atoms with E-state index >= 15 is 0 Å². The number of nitrogens with zero attached hydrogens (tertiary/aromatic N) is 1. The first-order chi connectivity index (χ1) is 12.5. The maximum atomic E-state index is 12.8. The highest BCUT2D eigenvalue weighted by atomic mass is 32.1. The molecule has 0 aliphatic carbocycles. The Bertz CT molecular complexity index is 638. The number of amides is 2. The average molecular weight is 378 g/mol. The minimum Gasteiger partial charge on any atom is -0.467 e. The minimum absolute atomic E-state index is 0.0738. The molecule has 0 unspecified atom stereocenters. The Morgan fingerprint density at radius 3 is 2.62 bits per heavy atom. The van der Waals surface area contributed by atoms with Gasteiger partial charge in [-0.15, -0.1) is 0 Å². The van der Waals surface area contributed by atoms with E-state index < -0.39 is 18.1 Å². The standard InChI is InChI=1S/C19H26N2O4S/c1-13(12-26)18(23)21-10-6-9-16(21)17(22)20-15(19(24)25-2)11-14-7-4-3-5-8-14/h3-5,7-8,13,15-16,26H,6,9-12H2,1-2H3,(H,20,22)/t13-,15+,16+/m1/s1. The van der Waals surface area contributed by atoms with Gasteiger partial charge in [0.15, 0.2) is 0 Å². The van der Waals surface area contributed by atoms with E-state index in [4.69, 9.17) is 4.74 Å². The van der Waals surface area contributed by atoms with Crippen molar-refractivity contribution in [3.63, 3.8) is 0 Å². The van der Waals surface area contributed by atoms with E-state index in [1.54, 1.807) is 11.8 Å². The molecule has 2 amide bonds. The summed E-state index contributed by atoms with van der Waals surface area (Å²) in [5.74, 6) is -0.694. The lowest BCUT2D eigenvalue weighted by Crippen LogP contribution is -2.52. The molecular formula is C19H26N2O4S. The number of methoxy groups -OCH3 is 1. The third-order valence-corrected chi connectivity index (χ3v) is 5.17. The smallest absolute Gasteiger partial charge is 0.328 e. The Morgan fingerprint density at radius 2 is 2.00 bits per heavy atom. The van der Waals surface area contributed by atoms with Gasteiger partial charge in [-0.1, -0.05) is 37.3 Å². The lowest BCUT2D eigenvalue weighted by atomic mass is 10.0. The van der Waals surface area contributed by atoms with Crippen molar-refractivity contribution in [3.8, 4) is 0 Å². The summed E-state index contributed by atoms with van der Waals surface area (Å²) in [6.45, 7) is 2.35. The van der Waals surface area contributed by atoms with Gasteiger partial charge in [-0.05, 0) is 18.4 Å². The quantitative estimate of drug-likeness (QED) is 0.556. The molecule has 1 saturated heterocycles. The van der Waals surface area contributed by atoms with E-state index in [1.165, 1.54) is 7.11 Å². The van der Waals surface area contributed by atoms with Gasteiger partial charge >= 0.3 is 5.97 Å². The van der Waals surface area contributed by atoms with Crippen molar-refractivity contribution < 1.29 is 19.1 Å². The first-order valence-corrected chi connectivity index (χ1v) is 9.44. The highest BCUT2D eigenvalue weighted by Crippen LogP contribution is 2.21. The third kappa shape index (κ3) is 5.00. The fourth-order valence-electron chi connectivity index (χ4n) is 3.12. The van der Waals surface area contributed by atoms with E-state index in [9.17, 15) is 14.4 Å². The number of rotatable bonds is 7. The van der Waals surface area contributed by atoms with Crippen LogP contribution in [0.15, 0.2) is 30.3 Å². The van der Waals surface area contributed by atoms with Crippen molar-refractivity contribution in [1.82, 2.24) is 10.2 Å². The van der Waals surface area contributed by atoms with Crippen molar-refractivity contribution >= 4 is 30.4 Å².